The number of rotatable bonds is 7. The molecule has 0 radical (unpaired) electrons. The van der Waals surface area contributed by atoms with Gasteiger partial charge in [0.25, 0.3) is 5.91 Å². The van der Waals surface area contributed by atoms with E-state index in [0.717, 1.165) is 12.1 Å². The van der Waals surface area contributed by atoms with Crippen molar-refractivity contribution in [3.63, 3.8) is 0 Å². The van der Waals surface area contributed by atoms with Crippen molar-refractivity contribution in [1.82, 2.24) is 9.88 Å². The van der Waals surface area contributed by atoms with Gasteiger partial charge in [-0.1, -0.05) is 37.0 Å². The van der Waals surface area contributed by atoms with Crippen LogP contribution in [-0.2, 0) is 9.59 Å². The van der Waals surface area contributed by atoms with Crippen LogP contribution in [0.5, 0.6) is 0 Å². The molecule has 1 aromatic heterocycles. The Kier molecular flexibility index (Phi) is 7.42. The maximum absolute atomic E-state index is 12.0. The first-order valence-corrected chi connectivity index (χ1v) is 8.33. The van der Waals surface area contributed by atoms with Crippen molar-refractivity contribution in [2.75, 3.05) is 18.4 Å². The van der Waals surface area contributed by atoms with Gasteiger partial charge in [-0.3, -0.25) is 9.59 Å². The lowest BCUT2D eigenvalue weighted by Gasteiger charge is -2.23. The lowest BCUT2D eigenvalue weighted by atomic mass is 10.1. The number of alkyl halides is 2. The summed E-state index contributed by atoms with van der Waals surface area (Å²) in [4.78, 5) is 28.3. The molecule has 21 heavy (non-hydrogen) atoms. The summed E-state index contributed by atoms with van der Waals surface area (Å²) in [6, 6.07) is 0. The number of amides is 2. The van der Waals surface area contributed by atoms with Gasteiger partial charge in [0.15, 0.2) is 9.97 Å². The summed E-state index contributed by atoms with van der Waals surface area (Å²) in [6.45, 7) is 6.28. The number of aryl methyl sites for hydroxylation is 1. The van der Waals surface area contributed by atoms with Crippen LogP contribution < -0.4 is 5.32 Å². The number of aromatic nitrogens is 1. The summed E-state index contributed by atoms with van der Waals surface area (Å²) >= 11 is 12.6. The molecule has 118 valence electrons. The summed E-state index contributed by atoms with van der Waals surface area (Å²) in [6.07, 6.45) is 0.774. The molecule has 0 aliphatic heterocycles. The topological polar surface area (TPSA) is 62.3 Å². The Balaban J connectivity index is 2.61. The normalized spacial score (nSPS) is 11.0. The maximum Gasteiger partial charge on any atom is 0.256 e. The fraction of sp³-hybridized carbons (Fsp3) is 0.615. The van der Waals surface area contributed by atoms with Gasteiger partial charge < -0.3 is 10.2 Å². The second kappa shape index (κ2) is 8.56. The smallest absolute Gasteiger partial charge is 0.256 e. The minimum absolute atomic E-state index is 0.0832. The molecular formula is C13H19Cl2N3O2S. The number of nitrogens with one attached hydrogen (secondary N) is 1. The Morgan fingerprint density at radius 1 is 1.43 bits per heavy atom. The molecule has 0 atom stereocenters. The van der Waals surface area contributed by atoms with Crippen molar-refractivity contribution in [2.24, 2.45) is 5.92 Å². The minimum atomic E-state index is -1.16. The van der Waals surface area contributed by atoms with Crippen LogP contribution in [0.3, 0.4) is 0 Å². The number of thiazole rings is 1. The molecule has 0 unspecified atom stereocenters. The van der Waals surface area contributed by atoms with E-state index in [2.05, 4.69) is 10.3 Å². The van der Waals surface area contributed by atoms with Gasteiger partial charge in [-0.2, -0.15) is 0 Å². The highest BCUT2D eigenvalue weighted by Crippen LogP contribution is 2.15. The van der Waals surface area contributed by atoms with E-state index in [-0.39, 0.29) is 12.5 Å². The molecule has 0 fully saturated rings. The minimum Gasteiger partial charge on any atom is -0.331 e. The number of nitrogens with zero attached hydrogens (tertiary/aromatic N) is 2. The lowest BCUT2D eigenvalue weighted by Crippen LogP contribution is -2.41. The van der Waals surface area contributed by atoms with Crippen LogP contribution in [0.25, 0.3) is 0 Å². The zero-order chi connectivity index (χ0) is 16.0. The molecule has 0 aromatic carbocycles. The molecule has 0 saturated carbocycles. The van der Waals surface area contributed by atoms with Gasteiger partial charge in [-0.05, 0) is 19.3 Å². The van der Waals surface area contributed by atoms with Gasteiger partial charge in [0.05, 0.1) is 5.69 Å². The summed E-state index contributed by atoms with van der Waals surface area (Å²) in [7, 11) is 0. The fourth-order valence-electron chi connectivity index (χ4n) is 1.56. The van der Waals surface area contributed by atoms with E-state index in [4.69, 9.17) is 23.2 Å². The first kappa shape index (κ1) is 18.2. The zero-order valence-corrected chi connectivity index (χ0v) is 14.6. The summed E-state index contributed by atoms with van der Waals surface area (Å²) in [5.74, 6) is -0.353. The standard InChI is InChI=1S/C13H19Cl2N3O2S/c1-8(2)4-5-18(12(20)11(14)15)6-10(19)17-13-16-9(3)7-21-13/h7-8,11H,4-6H2,1-3H3,(H,16,17,19). The number of hydrogen-bond donors (Lipinski definition) is 1. The van der Waals surface area contributed by atoms with E-state index in [1.807, 2.05) is 26.2 Å². The Morgan fingerprint density at radius 2 is 2.10 bits per heavy atom. The van der Waals surface area contributed by atoms with E-state index in [9.17, 15) is 9.59 Å². The molecule has 0 bridgehead atoms. The number of halogens is 2. The van der Waals surface area contributed by atoms with E-state index < -0.39 is 10.7 Å². The Labute approximate surface area is 138 Å². The number of carbonyl (C=O) groups is 2. The third kappa shape index (κ3) is 6.63. The average molecular weight is 352 g/mol. The Morgan fingerprint density at radius 3 is 2.57 bits per heavy atom. The van der Waals surface area contributed by atoms with Crippen LogP contribution in [0.1, 0.15) is 26.0 Å². The number of carbonyl (C=O) groups excluding carboxylic acids is 2. The molecule has 0 aliphatic rings. The molecule has 5 nitrogen and oxygen atoms in total. The molecule has 0 aliphatic carbocycles. The van der Waals surface area contributed by atoms with Crippen molar-refractivity contribution < 1.29 is 9.59 Å². The van der Waals surface area contributed by atoms with Crippen LogP contribution in [0.2, 0.25) is 0 Å². The third-order valence-electron chi connectivity index (χ3n) is 2.67. The highest BCUT2D eigenvalue weighted by atomic mass is 35.5. The monoisotopic (exact) mass is 351 g/mol. The van der Waals surface area contributed by atoms with Gasteiger partial charge >= 0.3 is 0 Å². The van der Waals surface area contributed by atoms with Crippen LogP contribution in [0, 0.1) is 12.8 Å². The van der Waals surface area contributed by atoms with E-state index in [0.29, 0.717) is 17.6 Å². The van der Waals surface area contributed by atoms with Gasteiger partial charge in [0.1, 0.15) is 6.54 Å². The quantitative estimate of drug-likeness (QED) is 0.767. The molecule has 2 amide bonds. The molecule has 1 rings (SSSR count). The first-order valence-electron chi connectivity index (χ1n) is 6.58. The van der Waals surface area contributed by atoms with Gasteiger partial charge in [-0.25, -0.2) is 4.98 Å². The zero-order valence-electron chi connectivity index (χ0n) is 12.2. The van der Waals surface area contributed by atoms with Gasteiger partial charge in [-0.15, -0.1) is 11.3 Å². The molecule has 0 spiro atoms. The van der Waals surface area contributed by atoms with Gasteiger partial charge in [0.2, 0.25) is 5.91 Å². The molecule has 1 N–H and O–H groups in total. The van der Waals surface area contributed by atoms with E-state index in [1.54, 1.807) is 0 Å². The predicted molar refractivity (Wildman–Crippen MR) is 87.0 cm³/mol. The molecule has 8 heteroatoms. The van der Waals surface area contributed by atoms with Crippen molar-refractivity contribution in [2.45, 2.75) is 32.0 Å². The largest absolute Gasteiger partial charge is 0.331 e. The predicted octanol–water partition coefficient (Wildman–Crippen LogP) is 3.07. The van der Waals surface area contributed by atoms with Crippen molar-refractivity contribution in [3.8, 4) is 0 Å². The molecule has 0 saturated heterocycles. The van der Waals surface area contributed by atoms with Gasteiger partial charge in [0, 0.05) is 11.9 Å². The Bertz CT molecular complexity index is 492. The highest BCUT2D eigenvalue weighted by molar-refractivity contribution is 7.13. The third-order valence-corrected chi connectivity index (χ3v) is 3.92. The summed E-state index contributed by atoms with van der Waals surface area (Å²) < 4.78 is 0. The number of anilines is 1. The maximum atomic E-state index is 12.0. The average Bonchev–Trinajstić information content (AvgIpc) is 2.78. The lowest BCUT2D eigenvalue weighted by molar-refractivity contribution is -0.133. The number of hydrogen-bond acceptors (Lipinski definition) is 4. The van der Waals surface area contributed by atoms with E-state index >= 15 is 0 Å². The van der Waals surface area contributed by atoms with Crippen LogP contribution in [-0.4, -0.2) is 39.6 Å². The van der Waals surface area contributed by atoms with Crippen LogP contribution in [0.15, 0.2) is 5.38 Å². The molecule has 1 heterocycles. The second-order valence-corrected chi connectivity index (χ2v) is 7.04. The van der Waals surface area contributed by atoms with Crippen molar-refractivity contribution in [3.05, 3.63) is 11.1 Å². The Hall–Kier alpha value is -0.850. The SMILES string of the molecule is Cc1csc(NC(=O)CN(CCC(C)C)C(=O)C(Cl)Cl)n1. The fourth-order valence-corrected chi connectivity index (χ4v) is 2.54. The molecular weight excluding hydrogens is 333 g/mol. The summed E-state index contributed by atoms with van der Waals surface area (Å²) in [5, 5.41) is 5.02. The van der Waals surface area contributed by atoms with Crippen molar-refractivity contribution >= 4 is 51.5 Å². The van der Waals surface area contributed by atoms with Crippen LogP contribution in [0.4, 0.5) is 5.13 Å². The van der Waals surface area contributed by atoms with E-state index in [1.165, 1.54) is 16.2 Å². The van der Waals surface area contributed by atoms with Crippen LogP contribution >= 0.6 is 34.5 Å². The molecule has 1 aromatic rings. The summed E-state index contributed by atoms with van der Waals surface area (Å²) in [5.41, 5.74) is 0.838. The first-order chi connectivity index (χ1) is 9.79. The second-order valence-electron chi connectivity index (χ2n) is 5.09. The highest BCUT2D eigenvalue weighted by Gasteiger charge is 2.23. The van der Waals surface area contributed by atoms with Crippen molar-refractivity contribution in [1.29, 1.82) is 0 Å².